The quantitative estimate of drug-likeness (QED) is 0.926. The third-order valence-electron chi connectivity index (χ3n) is 3.56. The van der Waals surface area contributed by atoms with Crippen LogP contribution in [0.25, 0.3) is 0 Å². The van der Waals surface area contributed by atoms with Gasteiger partial charge in [0, 0.05) is 12.7 Å². The number of halogens is 2. The van der Waals surface area contributed by atoms with Gasteiger partial charge in [-0.1, -0.05) is 17.7 Å². The third-order valence-corrected chi connectivity index (χ3v) is 3.56. The molecule has 0 aromatic heterocycles. The standard InChI is InChI=1S/C17H20F2N2/c1-11-4-5-16(12(2)8-11)21(3)17-14(18)9-13(6-7-20)10-15(17)19/h4-5,8-10H,6-7,20H2,1-3H3. The molecule has 21 heavy (non-hydrogen) atoms. The van der Waals surface area contributed by atoms with Crippen LogP contribution >= 0.6 is 0 Å². The Bertz CT molecular complexity index is 630. The van der Waals surface area contributed by atoms with Crippen molar-refractivity contribution in [1.82, 2.24) is 0 Å². The van der Waals surface area contributed by atoms with E-state index in [1.54, 1.807) is 11.9 Å². The number of nitrogens with zero attached hydrogens (tertiary/aromatic N) is 1. The van der Waals surface area contributed by atoms with Gasteiger partial charge in [-0.15, -0.1) is 0 Å². The van der Waals surface area contributed by atoms with Crippen molar-refractivity contribution in [2.24, 2.45) is 5.73 Å². The molecule has 0 fully saturated rings. The van der Waals surface area contributed by atoms with Gasteiger partial charge < -0.3 is 10.6 Å². The van der Waals surface area contributed by atoms with Gasteiger partial charge in [0.05, 0.1) is 0 Å². The lowest BCUT2D eigenvalue weighted by molar-refractivity contribution is 0.580. The Kier molecular flexibility index (Phi) is 4.58. The maximum atomic E-state index is 14.3. The zero-order chi connectivity index (χ0) is 15.6. The van der Waals surface area contributed by atoms with Gasteiger partial charge in [0.1, 0.15) is 17.3 Å². The number of rotatable bonds is 4. The fourth-order valence-corrected chi connectivity index (χ4v) is 2.55. The van der Waals surface area contributed by atoms with Crippen molar-refractivity contribution >= 4 is 11.4 Å². The summed E-state index contributed by atoms with van der Waals surface area (Å²) < 4.78 is 28.5. The predicted molar refractivity (Wildman–Crippen MR) is 83.1 cm³/mol. The van der Waals surface area contributed by atoms with Crippen LogP contribution in [0.1, 0.15) is 16.7 Å². The molecule has 112 valence electrons. The highest BCUT2D eigenvalue weighted by molar-refractivity contribution is 5.67. The van der Waals surface area contributed by atoms with Crippen molar-refractivity contribution in [3.05, 3.63) is 58.7 Å². The Morgan fingerprint density at radius 2 is 1.67 bits per heavy atom. The first-order valence-electron chi connectivity index (χ1n) is 6.93. The lowest BCUT2D eigenvalue weighted by Crippen LogP contribution is -2.15. The molecule has 0 aliphatic carbocycles. The minimum Gasteiger partial charge on any atom is -0.340 e. The first-order valence-corrected chi connectivity index (χ1v) is 6.93. The molecule has 0 aliphatic heterocycles. The third kappa shape index (κ3) is 3.22. The van der Waals surface area contributed by atoms with Crippen LogP contribution < -0.4 is 10.6 Å². The maximum absolute atomic E-state index is 14.3. The Morgan fingerprint density at radius 3 is 2.19 bits per heavy atom. The number of aryl methyl sites for hydroxylation is 2. The SMILES string of the molecule is Cc1ccc(N(C)c2c(F)cc(CCN)cc2F)c(C)c1. The fourth-order valence-electron chi connectivity index (χ4n) is 2.55. The fraction of sp³-hybridized carbons (Fsp3) is 0.294. The van der Waals surface area contributed by atoms with Crippen molar-refractivity contribution in [3.8, 4) is 0 Å². The number of anilines is 2. The Labute approximate surface area is 124 Å². The number of hydrogen-bond donors (Lipinski definition) is 1. The molecule has 0 bridgehead atoms. The molecule has 0 saturated carbocycles. The molecule has 2 rings (SSSR count). The summed E-state index contributed by atoms with van der Waals surface area (Å²) in [6.07, 6.45) is 0.460. The van der Waals surface area contributed by atoms with Crippen LogP contribution in [-0.2, 0) is 6.42 Å². The van der Waals surface area contributed by atoms with Crippen LogP contribution in [-0.4, -0.2) is 13.6 Å². The highest BCUT2D eigenvalue weighted by Crippen LogP contribution is 2.32. The van der Waals surface area contributed by atoms with Gasteiger partial charge in [-0.3, -0.25) is 0 Å². The first kappa shape index (κ1) is 15.4. The van der Waals surface area contributed by atoms with Gasteiger partial charge in [-0.2, -0.15) is 0 Å². The normalized spacial score (nSPS) is 10.8. The molecule has 0 aliphatic rings. The van der Waals surface area contributed by atoms with Crippen molar-refractivity contribution in [1.29, 1.82) is 0 Å². The second kappa shape index (κ2) is 6.22. The Balaban J connectivity index is 2.45. The van der Waals surface area contributed by atoms with E-state index >= 15 is 0 Å². The van der Waals surface area contributed by atoms with Crippen LogP contribution in [0.2, 0.25) is 0 Å². The molecule has 0 unspecified atom stereocenters. The lowest BCUT2D eigenvalue weighted by Gasteiger charge is -2.23. The van der Waals surface area contributed by atoms with Gasteiger partial charge in [-0.25, -0.2) is 8.78 Å². The van der Waals surface area contributed by atoms with Gasteiger partial charge >= 0.3 is 0 Å². The molecule has 0 spiro atoms. The minimum absolute atomic E-state index is 0.0391. The molecule has 0 radical (unpaired) electrons. The van der Waals surface area contributed by atoms with Crippen molar-refractivity contribution in [2.75, 3.05) is 18.5 Å². The van der Waals surface area contributed by atoms with E-state index in [1.807, 2.05) is 32.0 Å². The monoisotopic (exact) mass is 290 g/mol. The molecular formula is C17H20F2N2. The van der Waals surface area contributed by atoms with Gasteiger partial charge in [0.25, 0.3) is 0 Å². The van der Waals surface area contributed by atoms with Gasteiger partial charge in [-0.05, 0) is 56.1 Å². The highest BCUT2D eigenvalue weighted by atomic mass is 19.1. The summed E-state index contributed by atoms with van der Waals surface area (Å²) in [5, 5.41) is 0. The Morgan fingerprint density at radius 1 is 1.05 bits per heavy atom. The molecule has 0 atom stereocenters. The van der Waals surface area contributed by atoms with Crippen LogP contribution in [0, 0.1) is 25.5 Å². The summed E-state index contributed by atoms with van der Waals surface area (Å²) in [6.45, 7) is 4.28. The summed E-state index contributed by atoms with van der Waals surface area (Å²) in [5.41, 5.74) is 8.83. The average Bonchev–Trinajstić information content (AvgIpc) is 2.37. The summed E-state index contributed by atoms with van der Waals surface area (Å²) in [5.74, 6) is -1.14. The first-order chi connectivity index (χ1) is 9.93. The maximum Gasteiger partial charge on any atom is 0.150 e. The van der Waals surface area contributed by atoms with E-state index in [-0.39, 0.29) is 5.69 Å². The molecule has 0 saturated heterocycles. The van der Waals surface area contributed by atoms with E-state index in [1.165, 1.54) is 12.1 Å². The number of nitrogens with two attached hydrogens (primary N) is 1. The number of benzene rings is 2. The molecule has 2 N–H and O–H groups in total. The van der Waals surface area contributed by atoms with Crippen LogP contribution in [0.4, 0.5) is 20.2 Å². The molecular weight excluding hydrogens is 270 g/mol. The van der Waals surface area contributed by atoms with Gasteiger partial charge in [0.2, 0.25) is 0 Å². The molecule has 4 heteroatoms. The zero-order valence-corrected chi connectivity index (χ0v) is 12.6. The van der Waals surface area contributed by atoms with Crippen molar-refractivity contribution in [3.63, 3.8) is 0 Å². The summed E-state index contributed by atoms with van der Waals surface area (Å²) in [4.78, 5) is 1.55. The van der Waals surface area contributed by atoms with Crippen LogP contribution in [0.3, 0.4) is 0 Å². The van der Waals surface area contributed by atoms with Crippen molar-refractivity contribution < 1.29 is 8.78 Å². The van der Waals surface area contributed by atoms with Crippen LogP contribution in [0.15, 0.2) is 30.3 Å². The topological polar surface area (TPSA) is 29.3 Å². The minimum atomic E-state index is -0.569. The van der Waals surface area contributed by atoms with E-state index in [9.17, 15) is 8.78 Å². The summed E-state index contributed by atoms with van der Waals surface area (Å²) >= 11 is 0. The summed E-state index contributed by atoms with van der Waals surface area (Å²) in [6, 6.07) is 8.50. The predicted octanol–water partition coefficient (Wildman–Crippen LogP) is 3.85. The van der Waals surface area contributed by atoms with Gasteiger partial charge in [0.15, 0.2) is 0 Å². The largest absolute Gasteiger partial charge is 0.340 e. The van der Waals surface area contributed by atoms with E-state index in [0.29, 0.717) is 18.5 Å². The number of hydrogen-bond acceptors (Lipinski definition) is 2. The van der Waals surface area contributed by atoms with E-state index in [2.05, 4.69) is 0 Å². The Hall–Kier alpha value is -1.94. The van der Waals surface area contributed by atoms with E-state index in [4.69, 9.17) is 5.73 Å². The highest BCUT2D eigenvalue weighted by Gasteiger charge is 2.17. The molecule has 0 heterocycles. The second-order valence-electron chi connectivity index (χ2n) is 5.30. The van der Waals surface area contributed by atoms with Crippen LogP contribution in [0.5, 0.6) is 0 Å². The average molecular weight is 290 g/mol. The molecule has 2 nitrogen and oxygen atoms in total. The molecule has 0 amide bonds. The second-order valence-corrected chi connectivity index (χ2v) is 5.30. The summed E-state index contributed by atoms with van der Waals surface area (Å²) in [7, 11) is 1.67. The van der Waals surface area contributed by atoms with E-state index < -0.39 is 11.6 Å². The lowest BCUT2D eigenvalue weighted by atomic mass is 10.1. The molecule has 2 aromatic carbocycles. The smallest absolute Gasteiger partial charge is 0.150 e. The van der Waals surface area contributed by atoms with E-state index in [0.717, 1.165) is 16.8 Å². The van der Waals surface area contributed by atoms with Crippen molar-refractivity contribution in [2.45, 2.75) is 20.3 Å². The molecule has 2 aromatic rings. The zero-order valence-electron chi connectivity index (χ0n) is 12.6.